The van der Waals surface area contributed by atoms with Crippen LogP contribution in [0.4, 0.5) is 14.5 Å². The molecule has 2 aromatic carbocycles. The first-order chi connectivity index (χ1) is 13.0. The first-order valence-corrected chi connectivity index (χ1v) is 9.22. The van der Waals surface area contributed by atoms with Crippen molar-refractivity contribution in [1.29, 1.82) is 0 Å². The van der Waals surface area contributed by atoms with Crippen molar-refractivity contribution in [3.63, 3.8) is 0 Å². The zero-order valence-electron chi connectivity index (χ0n) is 14.7. The average Bonchev–Trinajstić information content (AvgIpc) is 2.65. The van der Waals surface area contributed by atoms with Crippen molar-refractivity contribution in [2.75, 3.05) is 24.3 Å². The summed E-state index contributed by atoms with van der Waals surface area (Å²) in [5, 5.41) is 2.61. The topological polar surface area (TPSA) is 64.6 Å². The fraction of sp³-hybridized carbons (Fsp3) is 0.263. The average molecular weight is 395 g/mol. The third-order valence-corrected chi connectivity index (χ3v) is 4.27. The van der Waals surface area contributed by atoms with Crippen LogP contribution < -0.4 is 10.1 Å². The largest absolute Gasteiger partial charge is 0.494 e. The van der Waals surface area contributed by atoms with Gasteiger partial charge >= 0.3 is 5.97 Å². The zero-order valence-corrected chi connectivity index (χ0v) is 15.5. The SMILES string of the molecule is CCOc1ccc(NC(=O)COC(=O)CCSc2ccc(F)c(F)c2)cc1. The number of amides is 1. The molecule has 0 aliphatic rings. The van der Waals surface area contributed by atoms with Gasteiger partial charge in [0.05, 0.1) is 13.0 Å². The third kappa shape index (κ3) is 7.26. The second-order valence-corrected chi connectivity index (χ2v) is 6.51. The molecule has 0 saturated heterocycles. The number of esters is 1. The molecular formula is C19H19F2NO4S. The van der Waals surface area contributed by atoms with Crippen LogP contribution in [0, 0.1) is 11.6 Å². The van der Waals surface area contributed by atoms with E-state index in [9.17, 15) is 18.4 Å². The number of nitrogens with one attached hydrogen (secondary N) is 1. The first kappa shape index (κ1) is 20.7. The van der Waals surface area contributed by atoms with E-state index in [0.717, 1.165) is 12.1 Å². The maximum atomic E-state index is 13.1. The van der Waals surface area contributed by atoms with Gasteiger partial charge in [-0.15, -0.1) is 11.8 Å². The molecule has 27 heavy (non-hydrogen) atoms. The van der Waals surface area contributed by atoms with Gasteiger partial charge in [0, 0.05) is 16.3 Å². The molecule has 2 aromatic rings. The fourth-order valence-electron chi connectivity index (χ4n) is 2.04. The van der Waals surface area contributed by atoms with Gasteiger partial charge in [-0.05, 0) is 49.4 Å². The minimum atomic E-state index is -0.937. The molecule has 0 heterocycles. The highest BCUT2D eigenvalue weighted by molar-refractivity contribution is 7.99. The van der Waals surface area contributed by atoms with Crippen LogP contribution in [-0.4, -0.2) is 30.8 Å². The number of carbonyl (C=O) groups excluding carboxylic acids is 2. The van der Waals surface area contributed by atoms with E-state index in [-0.39, 0.29) is 6.42 Å². The second kappa shape index (κ2) is 10.5. The number of thioether (sulfide) groups is 1. The Morgan fingerprint density at radius 2 is 1.81 bits per heavy atom. The summed E-state index contributed by atoms with van der Waals surface area (Å²) in [4.78, 5) is 24.0. The number of carbonyl (C=O) groups is 2. The van der Waals surface area contributed by atoms with E-state index in [0.29, 0.717) is 28.7 Å². The number of rotatable bonds is 9. The number of hydrogen-bond acceptors (Lipinski definition) is 5. The van der Waals surface area contributed by atoms with Crippen molar-refractivity contribution < 1.29 is 27.8 Å². The van der Waals surface area contributed by atoms with Crippen LogP contribution in [0.5, 0.6) is 5.75 Å². The molecule has 0 aromatic heterocycles. The number of hydrogen-bond donors (Lipinski definition) is 1. The Morgan fingerprint density at radius 3 is 2.48 bits per heavy atom. The van der Waals surface area contributed by atoms with Crippen molar-refractivity contribution in [2.45, 2.75) is 18.2 Å². The van der Waals surface area contributed by atoms with Crippen molar-refractivity contribution in [2.24, 2.45) is 0 Å². The van der Waals surface area contributed by atoms with Crippen molar-refractivity contribution in [3.05, 3.63) is 54.1 Å². The molecule has 0 aliphatic heterocycles. The van der Waals surface area contributed by atoms with E-state index in [1.165, 1.54) is 17.8 Å². The molecule has 1 amide bonds. The van der Waals surface area contributed by atoms with Crippen molar-refractivity contribution >= 4 is 29.3 Å². The Balaban J connectivity index is 1.66. The van der Waals surface area contributed by atoms with Gasteiger partial charge in [-0.25, -0.2) is 8.78 Å². The monoisotopic (exact) mass is 395 g/mol. The van der Waals surface area contributed by atoms with Crippen LogP contribution >= 0.6 is 11.8 Å². The zero-order chi connectivity index (χ0) is 19.6. The maximum Gasteiger partial charge on any atom is 0.307 e. The predicted molar refractivity (Wildman–Crippen MR) is 98.9 cm³/mol. The van der Waals surface area contributed by atoms with Crippen molar-refractivity contribution in [3.8, 4) is 5.75 Å². The van der Waals surface area contributed by atoms with Gasteiger partial charge < -0.3 is 14.8 Å². The second-order valence-electron chi connectivity index (χ2n) is 5.34. The summed E-state index contributed by atoms with van der Waals surface area (Å²) in [7, 11) is 0. The number of halogens is 2. The Labute approximate surface area is 160 Å². The summed E-state index contributed by atoms with van der Waals surface area (Å²) in [6.45, 7) is 2.03. The van der Waals surface area contributed by atoms with Crippen LogP contribution in [0.2, 0.25) is 0 Å². The Hall–Kier alpha value is -2.61. The van der Waals surface area contributed by atoms with E-state index in [2.05, 4.69) is 5.32 Å². The van der Waals surface area contributed by atoms with Gasteiger partial charge in [0.15, 0.2) is 18.2 Å². The normalized spacial score (nSPS) is 10.3. The molecule has 0 saturated carbocycles. The van der Waals surface area contributed by atoms with Crippen LogP contribution in [0.15, 0.2) is 47.4 Å². The molecule has 8 heteroatoms. The van der Waals surface area contributed by atoms with E-state index < -0.39 is 30.1 Å². The van der Waals surface area contributed by atoms with Gasteiger partial charge in [-0.1, -0.05) is 0 Å². The molecule has 2 rings (SSSR count). The van der Waals surface area contributed by atoms with Crippen LogP contribution in [0.3, 0.4) is 0 Å². The summed E-state index contributed by atoms with van der Waals surface area (Å²) in [6.07, 6.45) is 0.0417. The summed E-state index contributed by atoms with van der Waals surface area (Å²) in [5.41, 5.74) is 0.563. The van der Waals surface area contributed by atoms with E-state index in [4.69, 9.17) is 9.47 Å². The highest BCUT2D eigenvalue weighted by Crippen LogP contribution is 2.21. The standard InChI is InChI=1S/C19H19F2NO4S/c1-2-25-14-5-3-13(4-6-14)22-18(23)12-26-19(24)9-10-27-15-7-8-16(20)17(21)11-15/h3-8,11H,2,9-10,12H2,1H3,(H,22,23). The quantitative estimate of drug-likeness (QED) is 0.513. The lowest BCUT2D eigenvalue weighted by molar-refractivity contribution is -0.146. The van der Waals surface area contributed by atoms with Gasteiger partial charge in [0.1, 0.15) is 5.75 Å². The molecule has 144 valence electrons. The lowest BCUT2D eigenvalue weighted by Gasteiger charge is -2.08. The number of ether oxygens (including phenoxy) is 2. The Morgan fingerprint density at radius 1 is 1.07 bits per heavy atom. The van der Waals surface area contributed by atoms with Crippen LogP contribution in [-0.2, 0) is 14.3 Å². The minimum Gasteiger partial charge on any atom is -0.494 e. The first-order valence-electron chi connectivity index (χ1n) is 8.24. The van der Waals surface area contributed by atoms with Crippen molar-refractivity contribution in [1.82, 2.24) is 0 Å². The highest BCUT2D eigenvalue weighted by Gasteiger charge is 2.09. The molecule has 0 atom stereocenters. The fourth-order valence-corrected chi connectivity index (χ4v) is 2.89. The van der Waals surface area contributed by atoms with Crippen LogP contribution in [0.1, 0.15) is 13.3 Å². The molecule has 0 spiro atoms. The van der Waals surface area contributed by atoms with E-state index in [1.807, 2.05) is 6.92 Å². The van der Waals surface area contributed by atoms with Crippen LogP contribution in [0.25, 0.3) is 0 Å². The summed E-state index contributed by atoms with van der Waals surface area (Å²) in [6, 6.07) is 10.3. The summed E-state index contributed by atoms with van der Waals surface area (Å²) < 4.78 is 36.1. The Bertz CT molecular complexity index is 784. The molecule has 0 aliphatic carbocycles. The molecule has 0 unspecified atom stereocenters. The molecule has 0 bridgehead atoms. The smallest absolute Gasteiger partial charge is 0.307 e. The molecule has 1 N–H and O–H groups in total. The lowest BCUT2D eigenvalue weighted by atomic mass is 10.3. The van der Waals surface area contributed by atoms with Gasteiger partial charge in [0.2, 0.25) is 0 Å². The molecule has 0 radical (unpaired) electrons. The molecule has 5 nitrogen and oxygen atoms in total. The lowest BCUT2D eigenvalue weighted by Crippen LogP contribution is -2.21. The third-order valence-electron chi connectivity index (χ3n) is 3.28. The number of anilines is 1. The predicted octanol–water partition coefficient (Wildman–Crippen LogP) is 4.03. The number of benzene rings is 2. The van der Waals surface area contributed by atoms with Gasteiger partial charge in [0.25, 0.3) is 5.91 Å². The van der Waals surface area contributed by atoms with Gasteiger partial charge in [-0.2, -0.15) is 0 Å². The highest BCUT2D eigenvalue weighted by atomic mass is 32.2. The Kier molecular flexibility index (Phi) is 8.06. The van der Waals surface area contributed by atoms with E-state index in [1.54, 1.807) is 24.3 Å². The maximum absolute atomic E-state index is 13.1. The van der Waals surface area contributed by atoms with Gasteiger partial charge in [-0.3, -0.25) is 9.59 Å². The van der Waals surface area contributed by atoms with E-state index >= 15 is 0 Å². The minimum absolute atomic E-state index is 0.0417. The molecular weight excluding hydrogens is 376 g/mol. The molecule has 0 fully saturated rings. The summed E-state index contributed by atoms with van der Waals surface area (Å²) in [5.74, 6) is -1.84. The summed E-state index contributed by atoms with van der Waals surface area (Å²) >= 11 is 1.19.